The molecule has 0 aromatic heterocycles. The molecule has 4 nitrogen and oxygen atoms in total. The van der Waals surface area contributed by atoms with E-state index in [1.165, 1.54) is 4.90 Å². The number of nitrogens with one attached hydrogen (secondary N) is 1. The first-order valence-electron chi connectivity index (χ1n) is 7.80. The van der Waals surface area contributed by atoms with Gasteiger partial charge in [-0.15, -0.1) is 11.6 Å². The van der Waals surface area contributed by atoms with E-state index < -0.39 is 5.38 Å². The number of Topliss-reactive ketones (excluding diaryl/α,β-unsaturated/α-hetero) is 2. The molecule has 0 bridgehead atoms. The van der Waals surface area contributed by atoms with Crippen LogP contribution in [-0.2, 0) is 0 Å². The minimum absolute atomic E-state index is 0.194. The first-order chi connectivity index (χ1) is 10.6. The van der Waals surface area contributed by atoms with Crippen molar-refractivity contribution in [3.05, 3.63) is 35.4 Å². The molecule has 0 fully saturated rings. The molecular formula is C17H22ClN2O2+. The Kier molecular flexibility index (Phi) is 5.86. The molecular weight excluding hydrogens is 300 g/mol. The fourth-order valence-electron chi connectivity index (χ4n) is 2.69. The monoisotopic (exact) mass is 321 g/mol. The average Bonchev–Trinajstić information content (AvgIpc) is 2.55. The molecule has 0 radical (unpaired) electrons. The second-order valence-electron chi connectivity index (χ2n) is 5.43. The number of alkyl halides is 1. The molecule has 1 aromatic carbocycles. The second kappa shape index (κ2) is 7.65. The van der Waals surface area contributed by atoms with Crippen molar-refractivity contribution in [3.63, 3.8) is 0 Å². The smallest absolute Gasteiger partial charge is 0.209 e. The van der Waals surface area contributed by atoms with E-state index in [9.17, 15) is 9.59 Å². The van der Waals surface area contributed by atoms with Crippen molar-refractivity contribution >= 4 is 28.9 Å². The van der Waals surface area contributed by atoms with Gasteiger partial charge in [0.1, 0.15) is 11.1 Å². The lowest BCUT2D eigenvalue weighted by Gasteiger charge is -2.20. The highest BCUT2D eigenvalue weighted by Crippen LogP contribution is 2.23. The number of hydrogen-bond acceptors (Lipinski definition) is 3. The molecule has 0 saturated carbocycles. The van der Waals surface area contributed by atoms with Gasteiger partial charge >= 0.3 is 0 Å². The molecule has 0 spiro atoms. The van der Waals surface area contributed by atoms with E-state index in [1.807, 2.05) is 0 Å². The zero-order valence-corrected chi connectivity index (χ0v) is 13.8. The predicted molar refractivity (Wildman–Crippen MR) is 88.6 cm³/mol. The van der Waals surface area contributed by atoms with Crippen LogP contribution >= 0.6 is 11.6 Å². The maximum absolute atomic E-state index is 12.4. The Hall–Kier alpha value is -1.52. The molecule has 5 heteroatoms. The molecule has 1 atom stereocenters. The van der Waals surface area contributed by atoms with Gasteiger partial charge in [-0.25, -0.2) is 0 Å². The van der Waals surface area contributed by atoms with E-state index in [1.54, 1.807) is 24.3 Å². The standard InChI is InChI=1S/C17H21ClN2O2/c1-3-20(4-2)11-7-10-19-15-14(18)16(21)12-8-5-6-9-13(12)17(15)22/h5-6,8-9,14H,3-4,7,10-11H2,1-2H3/p+1. The fourth-order valence-corrected chi connectivity index (χ4v) is 2.98. The van der Waals surface area contributed by atoms with Crippen LogP contribution in [0.15, 0.2) is 29.3 Å². The van der Waals surface area contributed by atoms with Crippen molar-refractivity contribution in [2.24, 2.45) is 4.99 Å². The Morgan fingerprint density at radius 3 is 2.41 bits per heavy atom. The summed E-state index contributed by atoms with van der Waals surface area (Å²) in [6.45, 7) is 8.00. The number of halogens is 1. The van der Waals surface area contributed by atoms with Gasteiger partial charge in [0, 0.05) is 24.1 Å². The minimum Gasteiger partial charge on any atom is -0.335 e. The molecule has 1 aromatic rings. The van der Waals surface area contributed by atoms with Crippen LogP contribution in [0.5, 0.6) is 0 Å². The third-order valence-electron chi connectivity index (χ3n) is 4.11. The maximum Gasteiger partial charge on any atom is 0.209 e. The van der Waals surface area contributed by atoms with Crippen LogP contribution in [0, 0.1) is 0 Å². The summed E-state index contributed by atoms with van der Waals surface area (Å²) in [6, 6.07) is 6.79. The number of quaternary nitrogens is 1. The molecule has 1 aliphatic carbocycles. The Labute approximate surface area is 136 Å². The molecule has 0 heterocycles. The Bertz CT molecular complexity index is 594. The van der Waals surface area contributed by atoms with Crippen LogP contribution in [0.25, 0.3) is 0 Å². The highest BCUT2D eigenvalue weighted by atomic mass is 35.5. The van der Waals surface area contributed by atoms with Gasteiger partial charge in [-0.3, -0.25) is 14.6 Å². The average molecular weight is 322 g/mol. The second-order valence-corrected chi connectivity index (χ2v) is 5.87. The van der Waals surface area contributed by atoms with Crippen molar-refractivity contribution < 1.29 is 14.5 Å². The quantitative estimate of drug-likeness (QED) is 0.636. The van der Waals surface area contributed by atoms with Crippen molar-refractivity contribution in [3.8, 4) is 0 Å². The number of rotatable bonds is 6. The van der Waals surface area contributed by atoms with Gasteiger partial charge < -0.3 is 4.90 Å². The summed E-state index contributed by atoms with van der Waals surface area (Å²) in [7, 11) is 0. The largest absolute Gasteiger partial charge is 0.335 e. The summed E-state index contributed by atoms with van der Waals surface area (Å²) >= 11 is 6.15. The van der Waals surface area contributed by atoms with E-state index in [-0.39, 0.29) is 17.3 Å². The zero-order valence-electron chi connectivity index (χ0n) is 13.1. The topological polar surface area (TPSA) is 50.9 Å². The third kappa shape index (κ3) is 3.45. The lowest BCUT2D eigenvalue weighted by atomic mass is 9.88. The number of fused-ring (bicyclic) bond motifs is 1. The van der Waals surface area contributed by atoms with E-state index in [0.717, 1.165) is 26.1 Å². The number of ketones is 2. The van der Waals surface area contributed by atoms with Crippen LogP contribution in [-0.4, -0.2) is 48.8 Å². The van der Waals surface area contributed by atoms with Crippen LogP contribution in [0.2, 0.25) is 0 Å². The highest BCUT2D eigenvalue weighted by molar-refractivity contribution is 6.64. The highest BCUT2D eigenvalue weighted by Gasteiger charge is 2.36. The van der Waals surface area contributed by atoms with Crippen LogP contribution in [0.1, 0.15) is 41.0 Å². The summed E-state index contributed by atoms with van der Waals surface area (Å²) in [5, 5.41) is -0.955. The van der Waals surface area contributed by atoms with Crippen molar-refractivity contribution in [1.29, 1.82) is 0 Å². The number of nitrogens with zero attached hydrogens (tertiary/aromatic N) is 1. The Morgan fingerprint density at radius 2 is 1.77 bits per heavy atom. The van der Waals surface area contributed by atoms with Crippen molar-refractivity contribution in [1.82, 2.24) is 0 Å². The lowest BCUT2D eigenvalue weighted by Crippen LogP contribution is -3.11. The normalized spacial score (nSPS) is 19.8. The molecule has 0 aliphatic heterocycles. The van der Waals surface area contributed by atoms with Gasteiger partial charge in [0.15, 0.2) is 5.78 Å². The first kappa shape index (κ1) is 16.8. The number of aliphatic imine (C=N–C) groups is 1. The first-order valence-corrected chi connectivity index (χ1v) is 8.23. The van der Waals surface area contributed by atoms with Crippen LogP contribution in [0.4, 0.5) is 0 Å². The van der Waals surface area contributed by atoms with Gasteiger partial charge in [0.2, 0.25) is 5.78 Å². The van der Waals surface area contributed by atoms with Gasteiger partial charge in [-0.1, -0.05) is 24.3 Å². The fraction of sp³-hybridized carbons (Fsp3) is 0.471. The Balaban J connectivity index is 2.10. The van der Waals surface area contributed by atoms with Gasteiger partial charge in [-0.05, 0) is 13.8 Å². The Morgan fingerprint density at radius 1 is 1.14 bits per heavy atom. The number of carbonyl (C=O) groups excluding carboxylic acids is 2. The number of hydrogen-bond donors (Lipinski definition) is 1. The summed E-state index contributed by atoms with van der Waals surface area (Å²) in [4.78, 5) is 30.5. The van der Waals surface area contributed by atoms with Gasteiger partial charge in [-0.2, -0.15) is 0 Å². The van der Waals surface area contributed by atoms with Gasteiger partial charge in [0.05, 0.1) is 19.6 Å². The number of benzene rings is 1. The summed E-state index contributed by atoms with van der Waals surface area (Å²) in [5.41, 5.74) is 1.01. The SMILES string of the molecule is CC[NH+](CC)CCCN=C1C(=O)c2ccccc2C(=O)C1Cl. The molecule has 118 valence electrons. The number of carbonyl (C=O) groups is 2. The van der Waals surface area contributed by atoms with E-state index >= 15 is 0 Å². The summed E-state index contributed by atoms with van der Waals surface area (Å²) < 4.78 is 0. The molecule has 22 heavy (non-hydrogen) atoms. The summed E-state index contributed by atoms with van der Waals surface area (Å²) in [5.74, 6) is -0.449. The molecule has 1 aliphatic rings. The predicted octanol–water partition coefficient (Wildman–Crippen LogP) is 1.43. The van der Waals surface area contributed by atoms with Crippen molar-refractivity contribution in [2.75, 3.05) is 26.2 Å². The minimum atomic E-state index is -0.955. The zero-order chi connectivity index (χ0) is 16.1. The van der Waals surface area contributed by atoms with E-state index in [2.05, 4.69) is 18.8 Å². The van der Waals surface area contributed by atoms with E-state index in [4.69, 9.17) is 11.6 Å². The van der Waals surface area contributed by atoms with Crippen LogP contribution < -0.4 is 4.90 Å². The summed E-state index contributed by atoms with van der Waals surface area (Å²) in [6.07, 6.45) is 0.882. The van der Waals surface area contributed by atoms with Gasteiger partial charge in [0.25, 0.3) is 0 Å². The maximum atomic E-state index is 12.4. The molecule has 0 saturated heterocycles. The molecule has 1 unspecified atom stereocenters. The molecule has 0 amide bonds. The lowest BCUT2D eigenvalue weighted by molar-refractivity contribution is -0.896. The molecule has 2 rings (SSSR count). The van der Waals surface area contributed by atoms with Crippen molar-refractivity contribution in [2.45, 2.75) is 25.6 Å². The van der Waals surface area contributed by atoms with Crippen LogP contribution in [0.3, 0.4) is 0 Å². The third-order valence-corrected chi connectivity index (χ3v) is 4.52. The van der Waals surface area contributed by atoms with E-state index in [0.29, 0.717) is 17.7 Å². The molecule has 1 N–H and O–H groups in total.